The SMILES string of the molecule is Cc1nc(Nc2ccccc2C(C)C)cc(N2CCCC2)n1. The van der Waals surface area contributed by atoms with Crippen molar-refractivity contribution in [1.82, 2.24) is 9.97 Å². The standard InChI is InChI=1S/C18H24N4/c1-13(2)15-8-4-5-9-16(15)21-17-12-18(20-14(3)19-17)22-10-6-7-11-22/h4-5,8-9,12-13H,6-7,10-11H2,1-3H3,(H,19,20,21). The van der Waals surface area contributed by atoms with E-state index in [0.29, 0.717) is 5.92 Å². The first kappa shape index (κ1) is 14.8. The second-order valence-electron chi connectivity index (χ2n) is 6.22. The molecular formula is C18H24N4. The molecule has 1 aromatic heterocycles. The Hall–Kier alpha value is -2.10. The van der Waals surface area contributed by atoms with Gasteiger partial charge < -0.3 is 10.2 Å². The molecule has 4 nitrogen and oxygen atoms in total. The van der Waals surface area contributed by atoms with Crippen molar-refractivity contribution in [3.63, 3.8) is 0 Å². The molecule has 0 aliphatic carbocycles. The average Bonchev–Trinajstić information content (AvgIpc) is 3.01. The van der Waals surface area contributed by atoms with Crippen molar-refractivity contribution >= 4 is 17.3 Å². The lowest BCUT2D eigenvalue weighted by Gasteiger charge is -2.19. The lowest BCUT2D eigenvalue weighted by Crippen LogP contribution is -2.19. The Bertz CT molecular complexity index is 645. The van der Waals surface area contributed by atoms with Crippen molar-refractivity contribution in [3.8, 4) is 0 Å². The van der Waals surface area contributed by atoms with Crippen LogP contribution in [0.4, 0.5) is 17.3 Å². The summed E-state index contributed by atoms with van der Waals surface area (Å²) in [6.45, 7) is 8.57. The molecule has 0 radical (unpaired) electrons. The maximum Gasteiger partial charge on any atom is 0.136 e. The number of benzene rings is 1. The average molecular weight is 296 g/mol. The summed E-state index contributed by atoms with van der Waals surface area (Å²) >= 11 is 0. The van der Waals surface area contributed by atoms with Crippen LogP contribution >= 0.6 is 0 Å². The molecule has 1 aliphatic heterocycles. The second kappa shape index (κ2) is 6.34. The quantitative estimate of drug-likeness (QED) is 0.915. The van der Waals surface area contributed by atoms with Gasteiger partial charge >= 0.3 is 0 Å². The molecule has 4 heteroatoms. The summed E-state index contributed by atoms with van der Waals surface area (Å²) in [6.07, 6.45) is 2.50. The smallest absolute Gasteiger partial charge is 0.136 e. The fourth-order valence-electron chi connectivity index (χ4n) is 2.98. The fourth-order valence-corrected chi connectivity index (χ4v) is 2.98. The van der Waals surface area contributed by atoms with Crippen LogP contribution in [0.3, 0.4) is 0 Å². The number of aryl methyl sites for hydroxylation is 1. The number of rotatable bonds is 4. The molecule has 1 aromatic carbocycles. The Kier molecular flexibility index (Phi) is 4.27. The molecule has 0 atom stereocenters. The summed E-state index contributed by atoms with van der Waals surface area (Å²) in [5.41, 5.74) is 2.43. The molecule has 0 amide bonds. The first-order chi connectivity index (χ1) is 10.6. The van der Waals surface area contributed by atoms with E-state index >= 15 is 0 Å². The van der Waals surface area contributed by atoms with Gasteiger partial charge in [0.1, 0.15) is 17.5 Å². The summed E-state index contributed by atoms with van der Waals surface area (Å²) in [5, 5.41) is 3.48. The van der Waals surface area contributed by atoms with Gasteiger partial charge in [0.15, 0.2) is 0 Å². The molecule has 116 valence electrons. The number of hydrogen-bond donors (Lipinski definition) is 1. The van der Waals surface area contributed by atoms with Crippen molar-refractivity contribution < 1.29 is 0 Å². The molecule has 22 heavy (non-hydrogen) atoms. The minimum atomic E-state index is 0.477. The molecule has 3 rings (SSSR count). The molecule has 1 saturated heterocycles. The largest absolute Gasteiger partial charge is 0.356 e. The lowest BCUT2D eigenvalue weighted by atomic mass is 10.0. The minimum Gasteiger partial charge on any atom is -0.356 e. The first-order valence-electron chi connectivity index (χ1n) is 8.10. The third-order valence-electron chi connectivity index (χ3n) is 4.10. The van der Waals surface area contributed by atoms with Gasteiger partial charge in [-0.2, -0.15) is 0 Å². The van der Waals surface area contributed by atoms with E-state index in [0.717, 1.165) is 36.2 Å². The Morgan fingerprint density at radius 2 is 1.82 bits per heavy atom. The fraction of sp³-hybridized carbons (Fsp3) is 0.444. The molecule has 0 saturated carbocycles. The predicted molar refractivity (Wildman–Crippen MR) is 92.0 cm³/mol. The van der Waals surface area contributed by atoms with E-state index in [2.05, 4.69) is 64.4 Å². The van der Waals surface area contributed by atoms with E-state index in [-0.39, 0.29) is 0 Å². The Balaban J connectivity index is 1.89. The molecule has 2 aromatic rings. The van der Waals surface area contributed by atoms with Gasteiger partial charge in [0.05, 0.1) is 0 Å². The molecule has 0 bridgehead atoms. The maximum absolute atomic E-state index is 4.59. The molecule has 1 fully saturated rings. The molecule has 2 heterocycles. The van der Waals surface area contributed by atoms with Crippen molar-refractivity contribution in [2.45, 2.75) is 39.5 Å². The summed E-state index contributed by atoms with van der Waals surface area (Å²) in [5.74, 6) is 3.20. The van der Waals surface area contributed by atoms with Crippen molar-refractivity contribution in [2.24, 2.45) is 0 Å². The monoisotopic (exact) mass is 296 g/mol. The molecule has 1 N–H and O–H groups in total. The summed E-state index contributed by atoms with van der Waals surface area (Å²) < 4.78 is 0. The summed E-state index contributed by atoms with van der Waals surface area (Å²) in [6, 6.07) is 10.5. The highest BCUT2D eigenvalue weighted by Gasteiger charge is 2.15. The number of para-hydroxylation sites is 1. The Morgan fingerprint density at radius 3 is 2.55 bits per heavy atom. The van der Waals surface area contributed by atoms with E-state index in [1.54, 1.807) is 0 Å². The van der Waals surface area contributed by atoms with E-state index in [1.807, 2.05) is 6.92 Å². The van der Waals surface area contributed by atoms with Crippen LogP contribution in [0.5, 0.6) is 0 Å². The summed E-state index contributed by atoms with van der Waals surface area (Å²) in [7, 11) is 0. The van der Waals surface area contributed by atoms with Gasteiger partial charge in [0, 0.05) is 24.8 Å². The van der Waals surface area contributed by atoms with E-state index in [1.165, 1.54) is 18.4 Å². The molecule has 0 unspecified atom stereocenters. The van der Waals surface area contributed by atoms with Crippen LogP contribution in [-0.4, -0.2) is 23.1 Å². The number of aromatic nitrogens is 2. The van der Waals surface area contributed by atoms with Crippen LogP contribution in [0.1, 0.15) is 44.0 Å². The predicted octanol–water partition coefficient (Wildman–Crippen LogP) is 4.25. The van der Waals surface area contributed by atoms with Gasteiger partial charge in [0.2, 0.25) is 0 Å². The molecule has 0 spiro atoms. The van der Waals surface area contributed by atoms with Crippen LogP contribution in [0, 0.1) is 6.92 Å². The second-order valence-corrected chi connectivity index (χ2v) is 6.22. The van der Waals surface area contributed by atoms with Crippen LogP contribution in [-0.2, 0) is 0 Å². The summed E-state index contributed by atoms with van der Waals surface area (Å²) in [4.78, 5) is 11.5. The highest BCUT2D eigenvalue weighted by molar-refractivity contribution is 5.63. The Morgan fingerprint density at radius 1 is 1.09 bits per heavy atom. The number of nitrogens with zero attached hydrogens (tertiary/aromatic N) is 3. The van der Waals surface area contributed by atoms with E-state index in [4.69, 9.17) is 0 Å². The zero-order valence-corrected chi connectivity index (χ0v) is 13.6. The van der Waals surface area contributed by atoms with Crippen molar-refractivity contribution in [1.29, 1.82) is 0 Å². The topological polar surface area (TPSA) is 41.1 Å². The van der Waals surface area contributed by atoms with Crippen molar-refractivity contribution in [3.05, 3.63) is 41.7 Å². The highest BCUT2D eigenvalue weighted by Crippen LogP contribution is 2.28. The van der Waals surface area contributed by atoms with Gasteiger partial charge in [-0.1, -0.05) is 32.0 Å². The van der Waals surface area contributed by atoms with Gasteiger partial charge in [-0.3, -0.25) is 0 Å². The first-order valence-corrected chi connectivity index (χ1v) is 8.10. The normalized spacial score (nSPS) is 14.6. The minimum absolute atomic E-state index is 0.477. The van der Waals surface area contributed by atoms with Crippen LogP contribution < -0.4 is 10.2 Å². The third kappa shape index (κ3) is 3.21. The third-order valence-corrected chi connectivity index (χ3v) is 4.10. The zero-order valence-electron chi connectivity index (χ0n) is 13.6. The zero-order chi connectivity index (χ0) is 15.5. The van der Waals surface area contributed by atoms with Gasteiger partial charge in [0.25, 0.3) is 0 Å². The molecular weight excluding hydrogens is 272 g/mol. The van der Waals surface area contributed by atoms with Gasteiger partial charge in [-0.05, 0) is 37.3 Å². The van der Waals surface area contributed by atoms with E-state index < -0.39 is 0 Å². The molecule has 1 aliphatic rings. The van der Waals surface area contributed by atoms with Gasteiger partial charge in [-0.15, -0.1) is 0 Å². The maximum atomic E-state index is 4.59. The van der Waals surface area contributed by atoms with E-state index in [9.17, 15) is 0 Å². The number of nitrogens with one attached hydrogen (secondary N) is 1. The van der Waals surface area contributed by atoms with Crippen LogP contribution in [0.25, 0.3) is 0 Å². The highest BCUT2D eigenvalue weighted by atomic mass is 15.2. The van der Waals surface area contributed by atoms with Gasteiger partial charge in [-0.25, -0.2) is 9.97 Å². The number of anilines is 3. The lowest BCUT2D eigenvalue weighted by molar-refractivity contribution is 0.868. The van der Waals surface area contributed by atoms with Crippen molar-refractivity contribution in [2.75, 3.05) is 23.3 Å². The van der Waals surface area contributed by atoms with Crippen LogP contribution in [0.15, 0.2) is 30.3 Å². The number of hydrogen-bond acceptors (Lipinski definition) is 4. The Labute approximate surface area is 132 Å². The van der Waals surface area contributed by atoms with Crippen LogP contribution in [0.2, 0.25) is 0 Å².